The van der Waals surface area contributed by atoms with E-state index in [9.17, 15) is 4.79 Å². The average Bonchev–Trinajstić information content (AvgIpc) is 2.79. The summed E-state index contributed by atoms with van der Waals surface area (Å²) in [6.45, 7) is 2.06. The van der Waals surface area contributed by atoms with Crippen LogP contribution < -0.4 is 5.32 Å². The molecule has 1 saturated carbocycles. The minimum absolute atomic E-state index is 0.113. The van der Waals surface area contributed by atoms with E-state index in [4.69, 9.17) is 11.6 Å². The molecule has 1 aromatic carbocycles. The zero-order valence-electron chi connectivity index (χ0n) is 9.92. The number of halogens is 1. The van der Waals surface area contributed by atoms with Crippen molar-refractivity contribution in [3.63, 3.8) is 0 Å². The summed E-state index contributed by atoms with van der Waals surface area (Å²) in [6, 6.07) is 6.15. The van der Waals surface area contributed by atoms with Crippen molar-refractivity contribution < 1.29 is 4.79 Å². The van der Waals surface area contributed by atoms with Crippen LogP contribution in [0.3, 0.4) is 0 Å². The van der Waals surface area contributed by atoms with E-state index in [0.29, 0.717) is 0 Å². The minimum Gasteiger partial charge on any atom is -0.348 e. The van der Waals surface area contributed by atoms with Crippen LogP contribution in [0.15, 0.2) is 18.2 Å². The van der Waals surface area contributed by atoms with Gasteiger partial charge in [0.1, 0.15) is 0 Å². The maximum Gasteiger partial charge on any atom is 0.229 e. The lowest BCUT2D eigenvalue weighted by Crippen LogP contribution is -2.59. The maximum absolute atomic E-state index is 11.9. The molecule has 1 amide bonds. The summed E-state index contributed by atoms with van der Waals surface area (Å²) < 4.78 is 0. The predicted molar refractivity (Wildman–Crippen MR) is 68.0 cm³/mol. The lowest BCUT2D eigenvalue weighted by atomic mass is 9.68. The predicted octanol–water partition coefficient (Wildman–Crippen LogP) is 3.38. The molecule has 1 N–H and O–H groups in total. The average molecular weight is 250 g/mol. The van der Waals surface area contributed by atoms with Gasteiger partial charge in [0.15, 0.2) is 0 Å². The Morgan fingerprint density at radius 3 is 2.65 bits per heavy atom. The third kappa shape index (κ3) is 1.50. The Morgan fingerprint density at radius 1 is 1.35 bits per heavy atom. The fraction of sp³-hybridized carbons (Fsp3) is 0.500. The largest absolute Gasteiger partial charge is 0.348 e. The molecular weight excluding hydrogens is 234 g/mol. The molecule has 0 radical (unpaired) electrons. The van der Waals surface area contributed by atoms with E-state index in [0.717, 1.165) is 17.9 Å². The van der Waals surface area contributed by atoms with Crippen LogP contribution in [0.25, 0.3) is 0 Å². The topological polar surface area (TPSA) is 29.1 Å². The second-order valence-electron chi connectivity index (χ2n) is 5.27. The van der Waals surface area contributed by atoms with Gasteiger partial charge in [-0.1, -0.05) is 30.5 Å². The Morgan fingerprint density at radius 2 is 2.06 bits per heavy atom. The smallest absolute Gasteiger partial charge is 0.229 e. The van der Waals surface area contributed by atoms with E-state index in [1.165, 1.54) is 24.0 Å². The molecule has 2 fully saturated rings. The van der Waals surface area contributed by atoms with Crippen LogP contribution in [0.5, 0.6) is 0 Å². The summed E-state index contributed by atoms with van der Waals surface area (Å²) in [4.78, 5) is 11.9. The third-order valence-electron chi connectivity index (χ3n) is 4.32. The summed E-state index contributed by atoms with van der Waals surface area (Å²) >= 11 is 5.98. The quantitative estimate of drug-likeness (QED) is 0.760. The second kappa shape index (κ2) is 3.74. The van der Waals surface area contributed by atoms with Gasteiger partial charge in [-0.05, 0) is 43.0 Å². The van der Waals surface area contributed by atoms with Crippen molar-refractivity contribution in [1.29, 1.82) is 0 Å². The molecule has 1 heterocycles. The molecule has 1 saturated heterocycles. The lowest BCUT2D eigenvalue weighted by molar-refractivity contribution is -0.146. The molecular formula is C14H16ClNO. The first-order chi connectivity index (χ1) is 8.13. The van der Waals surface area contributed by atoms with Gasteiger partial charge < -0.3 is 5.32 Å². The molecule has 2 aliphatic rings. The third-order valence-corrected chi connectivity index (χ3v) is 4.55. The number of carbonyl (C=O) groups is 1. The van der Waals surface area contributed by atoms with Crippen LogP contribution >= 0.6 is 11.6 Å². The highest BCUT2D eigenvalue weighted by Gasteiger charge is 2.56. The Hall–Kier alpha value is -1.02. The highest BCUT2D eigenvalue weighted by atomic mass is 35.5. The Balaban J connectivity index is 1.97. The van der Waals surface area contributed by atoms with Crippen LogP contribution in [0.1, 0.15) is 42.9 Å². The van der Waals surface area contributed by atoms with Gasteiger partial charge in [0, 0.05) is 5.02 Å². The molecule has 3 heteroatoms. The summed E-state index contributed by atoms with van der Waals surface area (Å²) in [6.07, 6.45) is 4.42. The molecule has 17 heavy (non-hydrogen) atoms. The number of β-lactam (4-membered cyclic amide) rings is 1. The van der Waals surface area contributed by atoms with Gasteiger partial charge in [-0.25, -0.2) is 0 Å². The molecule has 2 nitrogen and oxygen atoms in total. The van der Waals surface area contributed by atoms with Crippen LogP contribution in [0.4, 0.5) is 0 Å². The zero-order chi connectivity index (χ0) is 12.0. The summed E-state index contributed by atoms with van der Waals surface area (Å²) in [7, 11) is 0. The fourth-order valence-corrected chi connectivity index (χ4v) is 3.55. The molecule has 1 atom stereocenters. The molecule has 0 aromatic heterocycles. The van der Waals surface area contributed by atoms with Crippen molar-refractivity contribution in [2.24, 2.45) is 5.41 Å². The van der Waals surface area contributed by atoms with Crippen LogP contribution in [-0.4, -0.2) is 5.91 Å². The van der Waals surface area contributed by atoms with Gasteiger partial charge in [-0.2, -0.15) is 0 Å². The second-order valence-corrected chi connectivity index (χ2v) is 5.71. The van der Waals surface area contributed by atoms with Crippen molar-refractivity contribution in [3.8, 4) is 0 Å². The zero-order valence-corrected chi connectivity index (χ0v) is 10.7. The van der Waals surface area contributed by atoms with E-state index in [1.807, 2.05) is 12.1 Å². The lowest BCUT2D eigenvalue weighted by Gasteiger charge is -2.47. The van der Waals surface area contributed by atoms with Crippen molar-refractivity contribution in [1.82, 2.24) is 5.32 Å². The standard InChI is InChI=1S/C14H16ClNO/c1-9-8-10(15)4-5-11(9)12-14(13(17)16-12)6-2-3-7-14/h4-5,8,12H,2-3,6-7H2,1H3,(H,16,17). The number of hydrogen-bond donors (Lipinski definition) is 1. The normalized spacial score (nSPS) is 25.8. The van der Waals surface area contributed by atoms with Gasteiger partial charge in [-0.15, -0.1) is 0 Å². The number of benzene rings is 1. The van der Waals surface area contributed by atoms with Gasteiger partial charge in [0.25, 0.3) is 0 Å². The molecule has 1 aliphatic heterocycles. The molecule has 1 spiro atoms. The number of hydrogen-bond acceptors (Lipinski definition) is 1. The fourth-order valence-electron chi connectivity index (χ4n) is 3.33. The van der Waals surface area contributed by atoms with Crippen molar-refractivity contribution in [2.45, 2.75) is 38.6 Å². The maximum atomic E-state index is 11.9. The first-order valence-electron chi connectivity index (χ1n) is 6.20. The Labute approximate surface area is 106 Å². The minimum atomic E-state index is -0.113. The van der Waals surface area contributed by atoms with E-state index in [-0.39, 0.29) is 17.4 Å². The highest BCUT2D eigenvalue weighted by molar-refractivity contribution is 6.30. The van der Waals surface area contributed by atoms with Crippen LogP contribution in [0, 0.1) is 12.3 Å². The number of carbonyl (C=O) groups excluding carboxylic acids is 1. The van der Waals surface area contributed by atoms with Gasteiger partial charge in [0.2, 0.25) is 5.91 Å². The molecule has 1 aromatic rings. The van der Waals surface area contributed by atoms with E-state index in [2.05, 4.69) is 18.3 Å². The Bertz CT molecular complexity index is 477. The molecule has 1 unspecified atom stereocenters. The summed E-state index contributed by atoms with van der Waals surface area (Å²) in [5.74, 6) is 0.245. The number of amides is 1. The van der Waals surface area contributed by atoms with Gasteiger partial charge in [0.05, 0.1) is 11.5 Å². The summed E-state index contributed by atoms with van der Waals surface area (Å²) in [5.41, 5.74) is 2.29. The van der Waals surface area contributed by atoms with Crippen LogP contribution in [-0.2, 0) is 4.79 Å². The first kappa shape index (κ1) is 11.1. The molecule has 90 valence electrons. The van der Waals surface area contributed by atoms with Crippen molar-refractivity contribution in [2.75, 3.05) is 0 Å². The van der Waals surface area contributed by atoms with E-state index >= 15 is 0 Å². The monoisotopic (exact) mass is 249 g/mol. The van der Waals surface area contributed by atoms with Crippen LogP contribution in [0.2, 0.25) is 5.02 Å². The number of rotatable bonds is 1. The first-order valence-corrected chi connectivity index (χ1v) is 6.58. The molecule has 1 aliphatic carbocycles. The van der Waals surface area contributed by atoms with E-state index in [1.54, 1.807) is 0 Å². The van der Waals surface area contributed by atoms with Gasteiger partial charge in [-0.3, -0.25) is 4.79 Å². The summed E-state index contributed by atoms with van der Waals surface area (Å²) in [5, 5.41) is 3.83. The number of aryl methyl sites for hydroxylation is 1. The van der Waals surface area contributed by atoms with Gasteiger partial charge >= 0.3 is 0 Å². The number of nitrogens with one attached hydrogen (secondary N) is 1. The van der Waals surface area contributed by atoms with E-state index < -0.39 is 0 Å². The SMILES string of the molecule is Cc1cc(Cl)ccc1C1NC(=O)C12CCCC2. The highest BCUT2D eigenvalue weighted by Crippen LogP contribution is 2.54. The Kier molecular flexibility index (Phi) is 2.44. The van der Waals surface area contributed by atoms with Crippen molar-refractivity contribution in [3.05, 3.63) is 34.3 Å². The molecule has 3 rings (SSSR count). The van der Waals surface area contributed by atoms with Crippen molar-refractivity contribution >= 4 is 17.5 Å². The molecule has 0 bridgehead atoms.